The molecule has 1 aromatic carbocycles. The molecule has 1 heteroatoms. The van der Waals surface area contributed by atoms with Gasteiger partial charge in [0.2, 0.25) is 0 Å². The molecule has 76 valence electrons. The van der Waals surface area contributed by atoms with Gasteiger partial charge >= 0.3 is 0 Å². The van der Waals surface area contributed by atoms with Gasteiger partial charge in [-0.15, -0.1) is 11.3 Å². The van der Waals surface area contributed by atoms with Crippen LogP contribution in [-0.4, -0.2) is 0 Å². The molecule has 1 heterocycles. The molecular weight excluding hydrogens is 200 g/mol. The maximum Gasteiger partial charge on any atom is 0.0355 e. The van der Waals surface area contributed by atoms with E-state index in [9.17, 15) is 0 Å². The molecule has 2 rings (SSSR count). The summed E-state index contributed by atoms with van der Waals surface area (Å²) in [7, 11) is 0. The molecule has 0 nitrogen and oxygen atoms in total. The number of thiophene rings is 1. The van der Waals surface area contributed by atoms with Gasteiger partial charge in [0.15, 0.2) is 0 Å². The topological polar surface area (TPSA) is 0 Å². The van der Waals surface area contributed by atoms with E-state index >= 15 is 0 Å². The summed E-state index contributed by atoms with van der Waals surface area (Å²) in [4.78, 5) is 1.30. The third kappa shape index (κ3) is 1.75. The van der Waals surface area contributed by atoms with Gasteiger partial charge in [0, 0.05) is 15.0 Å². The Hall–Kier alpha value is -1.34. The smallest absolute Gasteiger partial charge is 0.0355 e. The highest BCUT2D eigenvalue weighted by Crippen LogP contribution is 2.33. The van der Waals surface area contributed by atoms with Crippen molar-refractivity contribution >= 4 is 33.6 Å². The molecule has 0 spiro atoms. The second kappa shape index (κ2) is 4.03. The van der Waals surface area contributed by atoms with Crippen LogP contribution in [0, 0.1) is 6.92 Å². The minimum Gasteiger partial charge on any atom is -0.135 e. The van der Waals surface area contributed by atoms with Crippen LogP contribution in [0.1, 0.15) is 22.9 Å². The summed E-state index contributed by atoms with van der Waals surface area (Å²) in [6.07, 6.45) is 6.18. The molecule has 0 N–H and O–H groups in total. The van der Waals surface area contributed by atoms with Gasteiger partial charge < -0.3 is 0 Å². The maximum absolute atomic E-state index is 3.90. The van der Waals surface area contributed by atoms with Crippen molar-refractivity contribution in [2.45, 2.75) is 13.8 Å². The Balaban J connectivity index is 2.79. The fourth-order valence-electron chi connectivity index (χ4n) is 1.74. The molecule has 0 saturated heterocycles. The van der Waals surface area contributed by atoms with Crippen molar-refractivity contribution in [2.24, 2.45) is 0 Å². The second-order valence-corrected chi connectivity index (χ2v) is 4.67. The van der Waals surface area contributed by atoms with Gasteiger partial charge in [0.1, 0.15) is 0 Å². The summed E-state index contributed by atoms with van der Waals surface area (Å²) in [5.74, 6) is 0. The highest BCUT2D eigenvalue weighted by Gasteiger charge is 2.06. The minimum absolute atomic E-state index is 1.26. The molecule has 0 bridgehead atoms. The number of hydrogen-bond acceptors (Lipinski definition) is 1. The van der Waals surface area contributed by atoms with Crippen molar-refractivity contribution < 1.29 is 0 Å². The van der Waals surface area contributed by atoms with Crippen LogP contribution < -0.4 is 0 Å². The highest BCUT2D eigenvalue weighted by molar-refractivity contribution is 7.20. The van der Waals surface area contributed by atoms with E-state index in [-0.39, 0.29) is 0 Å². The number of fused-ring (bicyclic) bond motifs is 1. The van der Waals surface area contributed by atoms with Crippen LogP contribution in [0.25, 0.3) is 22.2 Å². The molecule has 0 atom stereocenters. The Morgan fingerprint density at radius 2 is 2.13 bits per heavy atom. The molecule has 0 unspecified atom stereocenters. The summed E-state index contributed by atoms with van der Waals surface area (Å²) in [6.45, 7) is 8.07. The first-order valence-corrected chi connectivity index (χ1v) is 5.86. The van der Waals surface area contributed by atoms with Gasteiger partial charge in [-0.2, -0.15) is 0 Å². The number of benzene rings is 1. The molecule has 0 amide bonds. The first-order valence-electron chi connectivity index (χ1n) is 5.04. The van der Waals surface area contributed by atoms with Crippen LogP contribution in [-0.2, 0) is 0 Å². The highest BCUT2D eigenvalue weighted by atomic mass is 32.1. The Bertz CT molecular complexity index is 530. The van der Waals surface area contributed by atoms with Crippen LogP contribution >= 0.6 is 11.3 Å². The molecule has 0 saturated carbocycles. The normalized spacial score (nSPS) is 11.3. The third-order valence-corrected chi connectivity index (χ3v) is 3.58. The summed E-state index contributed by atoms with van der Waals surface area (Å²) < 4.78 is 1.34. The van der Waals surface area contributed by atoms with Crippen molar-refractivity contribution in [1.29, 1.82) is 0 Å². The summed E-state index contributed by atoms with van der Waals surface area (Å²) >= 11 is 1.82. The van der Waals surface area contributed by atoms with Gasteiger partial charge in [-0.3, -0.25) is 0 Å². The zero-order valence-corrected chi connectivity index (χ0v) is 9.90. The van der Waals surface area contributed by atoms with E-state index < -0.39 is 0 Å². The van der Waals surface area contributed by atoms with Crippen LogP contribution in [0.5, 0.6) is 0 Å². The molecular formula is C14H14S. The first-order chi connectivity index (χ1) is 7.26. The van der Waals surface area contributed by atoms with E-state index in [1.807, 2.05) is 24.3 Å². The Labute approximate surface area is 94.6 Å². The molecule has 0 aliphatic rings. The van der Waals surface area contributed by atoms with Gasteiger partial charge in [0.05, 0.1) is 0 Å². The lowest BCUT2D eigenvalue weighted by Crippen LogP contribution is -1.73. The van der Waals surface area contributed by atoms with Crippen molar-refractivity contribution in [1.82, 2.24) is 0 Å². The fraction of sp³-hybridized carbons (Fsp3) is 0.143. The zero-order valence-electron chi connectivity index (χ0n) is 9.08. The maximum atomic E-state index is 3.90. The predicted octanol–water partition coefficient (Wildman–Crippen LogP) is 4.89. The monoisotopic (exact) mass is 214 g/mol. The van der Waals surface area contributed by atoms with Crippen molar-refractivity contribution in [2.75, 3.05) is 0 Å². The Kier molecular flexibility index (Phi) is 2.74. The average molecular weight is 214 g/mol. The SMILES string of the molecule is C=Cc1c(/C=C\C)sc2ccc(C)cc12. The molecule has 1 aromatic heterocycles. The summed E-state index contributed by atoms with van der Waals surface area (Å²) in [6, 6.07) is 6.58. The van der Waals surface area contributed by atoms with E-state index in [1.54, 1.807) is 0 Å². The number of rotatable bonds is 2. The van der Waals surface area contributed by atoms with Crippen molar-refractivity contribution in [3.8, 4) is 0 Å². The number of hydrogen-bond donors (Lipinski definition) is 0. The van der Waals surface area contributed by atoms with Crippen LogP contribution in [0.2, 0.25) is 0 Å². The number of allylic oxidation sites excluding steroid dienone is 1. The van der Waals surface area contributed by atoms with Crippen LogP contribution in [0.15, 0.2) is 30.9 Å². The second-order valence-electron chi connectivity index (χ2n) is 3.58. The molecule has 2 aromatic rings. The summed E-state index contributed by atoms with van der Waals surface area (Å²) in [5.41, 5.74) is 2.56. The molecule has 0 aliphatic carbocycles. The summed E-state index contributed by atoms with van der Waals surface area (Å²) in [5, 5.41) is 1.32. The third-order valence-electron chi connectivity index (χ3n) is 2.43. The number of aryl methyl sites for hydroxylation is 1. The molecule has 0 fully saturated rings. The van der Waals surface area contributed by atoms with Gasteiger partial charge in [-0.1, -0.05) is 30.4 Å². The first kappa shape index (κ1) is 10.2. The average Bonchev–Trinajstić information content (AvgIpc) is 2.55. The van der Waals surface area contributed by atoms with E-state index in [2.05, 4.69) is 43.9 Å². The quantitative estimate of drug-likeness (QED) is 0.668. The predicted molar refractivity (Wildman–Crippen MR) is 71.4 cm³/mol. The lowest BCUT2D eigenvalue weighted by atomic mass is 10.1. The van der Waals surface area contributed by atoms with Gasteiger partial charge in [-0.05, 0) is 37.6 Å². The van der Waals surface area contributed by atoms with Crippen LogP contribution in [0.3, 0.4) is 0 Å². The van der Waals surface area contributed by atoms with Gasteiger partial charge in [0.25, 0.3) is 0 Å². The minimum atomic E-state index is 1.26. The lowest BCUT2D eigenvalue weighted by Gasteiger charge is -1.95. The van der Waals surface area contributed by atoms with E-state index in [0.717, 1.165) is 0 Å². The standard InChI is InChI=1S/C14H14S/c1-4-6-13-11(5-2)12-9-10(3)7-8-14(12)15-13/h4-9H,2H2,1,3H3/b6-4-. The Morgan fingerprint density at radius 1 is 1.33 bits per heavy atom. The fourth-order valence-corrected chi connectivity index (χ4v) is 2.89. The molecule has 0 radical (unpaired) electrons. The van der Waals surface area contributed by atoms with E-state index in [4.69, 9.17) is 0 Å². The van der Waals surface area contributed by atoms with Crippen molar-refractivity contribution in [3.05, 3.63) is 46.9 Å². The van der Waals surface area contributed by atoms with E-state index in [0.29, 0.717) is 0 Å². The largest absolute Gasteiger partial charge is 0.135 e. The molecule has 15 heavy (non-hydrogen) atoms. The Morgan fingerprint density at radius 3 is 2.80 bits per heavy atom. The lowest BCUT2D eigenvalue weighted by molar-refractivity contribution is 1.51. The van der Waals surface area contributed by atoms with Crippen LogP contribution in [0.4, 0.5) is 0 Å². The van der Waals surface area contributed by atoms with Gasteiger partial charge in [-0.25, -0.2) is 0 Å². The zero-order chi connectivity index (χ0) is 10.8. The van der Waals surface area contributed by atoms with E-state index in [1.165, 1.54) is 26.1 Å². The van der Waals surface area contributed by atoms with Crippen molar-refractivity contribution in [3.63, 3.8) is 0 Å². The molecule has 0 aliphatic heterocycles.